The number of hydrogen-bond donors (Lipinski definition) is 2. The van der Waals surface area contributed by atoms with E-state index in [1.54, 1.807) is 18.3 Å². The third kappa shape index (κ3) is 4.44. The van der Waals surface area contributed by atoms with Crippen molar-refractivity contribution in [3.05, 3.63) is 65.5 Å². The van der Waals surface area contributed by atoms with Crippen LogP contribution < -0.4 is 5.32 Å². The fraction of sp³-hybridized carbons (Fsp3) is 0.211. The van der Waals surface area contributed by atoms with E-state index in [1.807, 2.05) is 36.4 Å². The van der Waals surface area contributed by atoms with Crippen LogP contribution in [0, 0.1) is 0 Å². The molecule has 3 rings (SSSR count). The van der Waals surface area contributed by atoms with Gasteiger partial charge in [-0.15, -0.1) is 0 Å². The summed E-state index contributed by atoms with van der Waals surface area (Å²) in [6, 6.07) is 15.1. The molecule has 0 saturated heterocycles. The van der Waals surface area contributed by atoms with Gasteiger partial charge in [-0.25, -0.2) is 4.98 Å². The number of nitrogens with one attached hydrogen (secondary N) is 2. The lowest BCUT2D eigenvalue weighted by atomic mass is 10.1. The predicted molar refractivity (Wildman–Crippen MR) is 97.8 cm³/mol. The van der Waals surface area contributed by atoms with E-state index in [9.17, 15) is 4.79 Å². The Morgan fingerprint density at radius 3 is 2.80 bits per heavy atom. The first-order valence-electron chi connectivity index (χ1n) is 8.14. The number of aromatic nitrogens is 2. The van der Waals surface area contributed by atoms with Gasteiger partial charge in [-0.1, -0.05) is 29.4 Å². The predicted octanol–water partition coefficient (Wildman–Crippen LogP) is 2.91. The lowest BCUT2D eigenvalue weighted by Gasteiger charge is -2.05. The van der Waals surface area contributed by atoms with E-state index in [4.69, 9.17) is 0 Å². The Bertz CT molecular complexity index is 836. The molecule has 6 nitrogen and oxygen atoms in total. The lowest BCUT2D eigenvalue weighted by Crippen LogP contribution is -2.24. The molecule has 1 amide bonds. The number of rotatable bonds is 7. The van der Waals surface area contributed by atoms with Crippen LogP contribution in [0.1, 0.15) is 28.2 Å². The summed E-state index contributed by atoms with van der Waals surface area (Å²) in [5.41, 5.74) is 3.51. The van der Waals surface area contributed by atoms with Crippen LogP contribution in [0.3, 0.4) is 0 Å². The highest BCUT2D eigenvalue weighted by Gasteiger charge is 2.05. The molecule has 0 fully saturated rings. The number of carbonyl (C=O) groups is 1. The second-order valence-corrected chi connectivity index (χ2v) is 5.60. The highest BCUT2D eigenvalue weighted by molar-refractivity contribution is 5.95. The van der Waals surface area contributed by atoms with Gasteiger partial charge in [-0.05, 0) is 36.2 Å². The summed E-state index contributed by atoms with van der Waals surface area (Å²) >= 11 is 0. The fourth-order valence-corrected chi connectivity index (χ4v) is 2.52. The zero-order valence-corrected chi connectivity index (χ0v) is 14.0. The van der Waals surface area contributed by atoms with Crippen LogP contribution >= 0.6 is 0 Å². The van der Waals surface area contributed by atoms with E-state index >= 15 is 0 Å². The van der Waals surface area contributed by atoms with Crippen LogP contribution in [0.15, 0.2) is 53.7 Å². The van der Waals surface area contributed by atoms with Gasteiger partial charge in [0.1, 0.15) is 12.9 Å². The Morgan fingerprint density at radius 1 is 1.24 bits per heavy atom. The Labute approximate surface area is 145 Å². The van der Waals surface area contributed by atoms with Gasteiger partial charge in [-0.2, -0.15) is 0 Å². The van der Waals surface area contributed by atoms with Crippen molar-refractivity contribution in [2.75, 3.05) is 13.7 Å². The zero-order chi connectivity index (χ0) is 17.5. The maximum atomic E-state index is 12.1. The standard InChI is InChI=1S/C19H20N4O2/c1-25-21-13-14-8-10-15(11-9-14)19(24)20-12-4-7-18-22-16-5-2-3-6-17(16)23-18/h2-3,5-6,8-11,13H,4,7,12H2,1H3,(H,20,24)(H,22,23)/b21-13+. The molecule has 0 aliphatic heterocycles. The number of H-pyrrole nitrogens is 1. The molecule has 0 aliphatic rings. The molecule has 0 spiro atoms. The quantitative estimate of drug-likeness (QED) is 0.395. The third-order valence-corrected chi connectivity index (χ3v) is 3.79. The van der Waals surface area contributed by atoms with E-state index < -0.39 is 0 Å². The summed E-state index contributed by atoms with van der Waals surface area (Å²) in [7, 11) is 1.49. The first-order valence-corrected chi connectivity index (χ1v) is 8.14. The number of hydrogen-bond acceptors (Lipinski definition) is 4. The minimum Gasteiger partial charge on any atom is -0.399 e. The molecule has 0 radical (unpaired) electrons. The van der Waals surface area contributed by atoms with Crippen molar-refractivity contribution in [3.8, 4) is 0 Å². The lowest BCUT2D eigenvalue weighted by molar-refractivity contribution is 0.0953. The van der Waals surface area contributed by atoms with Crippen LogP contribution in [0.2, 0.25) is 0 Å². The van der Waals surface area contributed by atoms with Crippen molar-refractivity contribution in [1.82, 2.24) is 15.3 Å². The molecule has 2 aromatic carbocycles. The van der Waals surface area contributed by atoms with E-state index in [-0.39, 0.29) is 5.91 Å². The number of fused-ring (bicyclic) bond motifs is 1. The van der Waals surface area contributed by atoms with Crippen LogP contribution in [-0.2, 0) is 11.3 Å². The van der Waals surface area contributed by atoms with Gasteiger partial charge in [0.05, 0.1) is 17.2 Å². The van der Waals surface area contributed by atoms with Crippen molar-refractivity contribution in [2.45, 2.75) is 12.8 Å². The zero-order valence-electron chi connectivity index (χ0n) is 14.0. The minimum absolute atomic E-state index is 0.0835. The second kappa shape index (κ2) is 8.10. The molecule has 0 unspecified atom stereocenters. The molecule has 3 aromatic rings. The third-order valence-electron chi connectivity index (χ3n) is 3.79. The Kier molecular flexibility index (Phi) is 5.41. The number of carbonyl (C=O) groups excluding carboxylic acids is 1. The van der Waals surface area contributed by atoms with Crippen molar-refractivity contribution < 1.29 is 9.63 Å². The first kappa shape index (κ1) is 16.7. The Hall–Kier alpha value is -3.15. The molecule has 2 N–H and O–H groups in total. The van der Waals surface area contributed by atoms with Gasteiger partial charge in [0, 0.05) is 18.5 Å². The molecule has 0 atom stereocenters. The molecule has 1 aromatic heterocycles. The number of amides is 1. The van der Waals surface area contributed by atoms with E-state index in [0.29, 0.717) is 12.1 Å². The molecule has 0 saturated carbocycles. The molecule has 128 valence electrons. The van der Waals surface area contributed by atoms with Crippen molar-refractivity contribution in [2.24, 2.45) is 5.16 Å². The molecule has 1 heterocycles. The van der Waals surface area contributed by atoms with Gasteiger partial charge < -0.3 is 15.1 Å². The summed E-state index contributed by atoms with van der Waals surface area (Å²) in [5, 5.41) is 6.61. The number of imidazole rings is 1. The second-order valence-electron chi connectivity index (χ2n) is 5.60. The smallest absolute Gasteiger partial charge is 0.251 e. The van der Waals surface area contributed by atoms with Crippen LogP contribution in [-0.4, -0.2) is 35.7 Å². The number of aromatic amines is 1. The maximum Gasteiger partial charge on any atom is 0.251 e. The topological polar surface area (TPSA) is 79.4 Å². The monoisotopic (exact) mass is 336 g/mol. The first-order chi connectivity index (χ1) is 12.3. The fourth-order valence-electron chi connectivity index (χ4n) is 2.52. The van der Waals surface area contributed by atoms with E-state index in [0.717, 1.165) is 35.3 Å². The minimum atomic E-state index is -0.0835. The number of para-hydroxylation sites is 2. The van der Waals surface area contributed by atoms with Gasteiger partial charge in [-0.3, -0.25) is 4.79 Å². The SMILES string of the molecule is CO/N=C/c1ccc(C(=O)NCCCc2nc3ccccc3[nH]2)cc1. The van der Waals surface area contributed by atoms with Gasteiger partial charge in [0.25, 0.3) is 5.91 Å². The van der Waals surface area contributed by atoms with Gasteiger partial charge in [0.15, 0.2) is 0 Å². The highest BCUT2D eigenvalue weighted by Crippen LogP contribution is 2.11. The summed E-state index contributed by atoms with van der Waals surface area (Å²) in [6.07, 6.45) is 3.21. The maximum absolute atomic E-state index is 12.1. The van der Waals surface area contributed by atoms with Crippen LogP contribution in [0.25, 0.3) is 11.0 Å². The molecule has 25 heavy (non-hydrogen) atoms. The van der Waals surface area contributed by atoms with E-state index in [2.05, 4.69) is 25.3 Å². The summed E-state index contributed by atoms with van der Waals surface area (Å²) in [4.78, 5) is 24.6. The molecular weight excluding hydrogens is 316 g/mol. The molecule has 6 heteroatoms. The van der Waals surface area contributed by atoms with Crippen molar-refractivity contribution in [3.63, 3.8) is 0 Å². The van der Waals surface area contributed by atoms with Crippen molar-refractivity contribution in [1.29, 1.82) is 0 Å². The van der Waals surface area contributed by atoms with Gasteiger partial charge in [0.2, 0.25) is 0 Å². The number of nitrogens with zero attached hydrogens (tertiary/aromatic N) is 2. The van der Waals surface area contributed by atoms with Crippen molar-refractivity contribution >= 4 is 23.2 Å². The average Bonchev–Trinajstić information content (AvgIpc) is 3.06. The number of aryl methyl sites for hydroxylation is 1. The van der Waals surface area contributed by atoms with E-state index in [1.165, 1.54) is 7.11 Å². The molecule has 0 aliphatic carbocycles. The number of oxime groups is 1. The van der Waals surface area contributed by atoms with Gasteiger partial charge >= 0.3 is 0 Å². The largest absolute Gasteiger partial charge is 0.399 e. The molecular formula is C19H20N4O2. The summed E-state index contributed by atoms with van der Waals surface area (Å²) in [6.45, 7) is 0.600. The Balaban J connectivity index is 1.46. The average molecular weight is 336 g/mol. The normalized spacial score (nSPS) is 11.1. The Morgan fingerprint density at radius 2 is 2.04 bits per heavy atom. The number of benzene rings is 2. The summed E-state index contributed by atoms with van der Waals surface area (Å²) < 4.78 is 0. The van der Waals surface area contributed by atoms with Crippen LogP contribution in [0.5, 0.6) is 0 Å². The summed E-state index contributed by atoms with van der Waals surface area (Å²) in [5.74, 6) is 0.858. The molecule has 0 bridgehead atoms. The van der Waals surface area contributed by atoms with Crippen LogP contribution in [0.4, 0.5) is 0 Å². The highest BCUT2D eigenvalue weighted by atomic mass is 16.6.